The minimum Gasteiger partial charge on any atom is -0.506 e. The molecule has 0 spiro atoms. The van der Waals surface area contributed by atoms with Gasteiger partial charge in [-0.3, -0.25) is 9.78 Å². The summed E-state index contributed by atoms with van der Waals surface area (Å²) in [5.41, 5.74) is 0.297. The maximum absolute atomic E-state index is 14.4. The fourth-order valence-corrected chi connectivity index (χ4v) is 3.63. The molecule has 0 unspecified atom stereocenters. The van der Waals surface area contributed by atoms with Crippen LogP contribution in [0.25, 0.3) is 11.1 Å². The summed E-state index contributed by atoms with van der Waals surface area (Å²) in [6, 6.07) is 7.60. The van der Waals surface area contributed by atoms with Crippen molar-refractivity contribution in [3.63, 3.8) is 0 Å². The molecular weight excluding hydrogens is 416 g/mol. The van der Waals surface area contributed by atoms with Crippen LogP contribution in [0.2, 0.25) is 0 Å². The summed E-state index contributed by atoms with van der Waals surface area (Å²) in [4.78, 5) is 24.5. The number of carbonyl (C=O) groups excluding carboxylic acids is 1. The van der Waals surface area contributed by atoms with Gasteiger partial charge in [-0.25, -0.2) is 18.7 Å². The van der Waals surface area contributed by atoms with E-state index in [4.69, 9.17) is 0 Å². The van der Waals surface area contributed by atoms with Crippen molar-refractivity contribution in [2.75, 3.05) is 18.9 Å². The Morgan fingerprint density at radius 1 is 1.19 bits per heavy atom. The zero-order chi connectivity index (χ0) is 23.3. The third-order valence-corrected chi connectivity index (χ3v) is 5.17. The van der Waals surface area contributed by atoms with E-state index in [1.807, 2.05) is 0 Å². The highest BCUT2D eigenvalue weighted by Gasteiger charge is 2.33. The Hall–Kier alpha value is -3.62. The molecule has 3 aromatic rings. The fraction of sp³-hybridized carbons (Fsp3) is 0.304. The number of halogens is 2. The first kappa shape index (κ1) is 23.1. The quantitative estimate of drug-likeness (QED) is 0.491. The van der Waals surface area contributed by atoms with Gasteiger partial charge in [0.1, 0.15) is 11.6 Å². The maximum Gasteiger partial charge on any atom is 0.254 e. The number of aromatic hydroxyl groups is 1. The third-order valence-electron chi connectivity index (χ3n) is 5.17. The van der Waals surface area contributed by atoms with Gasteiger partial charge in [0.15, 0.2) is 0 Å². The Morgan fingerprint density at radius 2 is 1.91 bits per heavy atom. The van der Waals surface area contributed by atoms with Crippen LogP contribution < -0.4 is 10.6 Å². The van der Waals surface area contributed by atoms with Gasteiger partial charge in [-0.1, -0.05) is 19.1 Å². The molecule has 0 aliphatic carbocycles. The molecule has 7 nitrogen and oxygen atoms in total. The van der Waals surface area contributed by atoms with E-state index in [1.165, 1.54) is 50.8 Å². The van der Waals surface area contributed by atoms with Crippen molar-refractivity contribution in [1.29, 1.82) is 0 Å². The second-order valence-electron chi connectivity index (χ2n) is 7.81. The number of carbonyl (C=O) groups is 1. The molecule has 1 aromatic carbocycles. The number of rotatable bonds is 8. The Bertz CT molecular complexity index is 1090. The normalized spacial score (nSPS) is 13.8. The summed E-state index contributed by atoms with van der Waals surface area (Å²) in [7, 11) is 1.48. The number of nitrogens with one attached hydrogen (secondary N) is 2. The summed E-state index contributed by atoms with van der Waals surface area (Å²) >= 11 is 0. The molecule has 0 fully saturated rings. The molecule has 2 aromatic heterocycles. The lowest BCUT2D eigenvalue weighted by molar-refractivity contribution is 0.0960. The van der Waals surface area contributed by atoms with E-state index in [0.29, 0.717) is 11.1 Å². The summed E-state index contributed by atoms with van der Waals surface area (Å²) in [5.74, 6) is -0.831. The number of anilines is 1. The number of para-hydroxylation sites is 1. The van der Waals surface area contributed by atoms with Gasteiger partial charge in [0, 0.05) is 48.7 Å². The Labute approximate surface area is 185 Å². The molecule has 9 heteroatoms. The number of hydrogen-bond acceptors (Lipinski definition) is 6. The number of hydrogen-bond donors (Lipinski definition) is 3. The average Bonchev–Trinajstić information content (AvgIpc) is 2.77. The van der Waals surface area contributed by atoms with E-state index in [-0.39, 0.29) is 35.9 Å². The summed E-state index contributed by atoms with van der Waals surface area (Å²) in [5, 5.41) is 15.9. The number of phenols is 1. The minimum atomic E-state index is -1.16. The predicted molar refractivity (Wildman–Crippen MR) is 118 cm³/mol. The number of aromatic nitrogens is 3. The molecular formula is C23H25F2N5O2. The Kier molecular flexibility index (Phi) is 6.97. The largest absolute Gasteiger partial charge is 0.506 e. The summed E-state index contributed by atoms with van der Waals surface area (Å²) in [6.45, 7) is 3.31. The fourth-order valence-electron chi connectivity index (χ4n) is 3.63. The molecule has 32 heavy (non-hydrogen) atoms. The second-order valence-corrected chi connectivity index (χ2v) is 7.81. The van der Waals surface area contributed by atoms with Crippen LogP contribution in [0, 0.1) is 5.82 Å². The SMILES string of the molecule is CNC(=O)c1cccc(-c2cnc(NC[C@@](C)(C[C@@H](C)F)c3ncccc3F)nc2)c1O. The van der Waals surface area contributed by atoms with Gasteiger partial charge >= 0.3 is 0 Å². The van der Waals surface area contributed by atoms with Crippen LogP contribution >= 0.6 is 0 Å². The van der Waals surface area contributed by atoms with Crippen molar-refractivity contribution in [3.05, 3.63) is 66.0 Å². The van der Waals surface area contributed by atoms with Crippen molar-refractivity contribution in [1.82, 2.24) is 20.3 Å². The van der Waals surface area contributed by atoms with Crippen LogP contribution in [0.15, 0.2) is 48.9 Å². The predicted octanol–water partition coefficient (Wildman–Crippen LogP) is 3.86. The van der Waals surface area contributed by atoms with Crippen LogP contribution in [0.3, 0.4) is 0 Å². The highest BCUT2D eigenvalue weighted by atomic mass is 19.1. The van der Waals surface area contributed by atoms with Crippen molar-refractivity contribution >= 4 is 11.9 Å². The van der Waals surface area contributed by atoms with Crippen LogP contribution in [-0.2, 0) is 5.41 Å². The number of alkyl halides is 1. The molecule has 1 amide bonds. The van der Waals surface area contributed by atoms with Gasteiger partial charge in [0.2, 0.25) is 5.95 Å². The Morgan fingerprint density at radius 3 is 2.53 bits per heavy atom. The number of pyridine rings is 1. The smallest absolute Gasteiger partial charge is 0.254 e. The van der Waals surface area contributed by atoms with E-state index in [2.05, 4.69) is 25.6 Å². The van der Waals surface area contributed by atoms with Crippen molar-refractivity contribution in [2.24, 2.45) is 0 Å². The molecule has 0 bridgehead atoms. The van der Waals surface area contributed by atoms with Crippen molar-refractivity contribution in [3.8, 4) is 16.9 Å². The first-order valence-electron chi connectivity index (χ1n) is 10.1. The van der Waals surface area contributed by atoms with Gasteiger partial charge in [-0.15, -0.1) is 0 Å². The summed E-state index contributed by atoms with van der Waals surface area (Å²) < 4.78 is 28.2. The van der Waals surface area contributed by atoms with E-state index >= 15 is 0 Å². The number of benzene rings is 1. The zero-order valence-electron chi connectivity index (χ0n) is 18.1. The topological polar surface area (TPSA) is 100 Å². The van der Waals surface area contributed by atoms with Gasteiger partial charge < -0.3 is 15.7 Å². The lowest BCUT2D eigenvalue weighted by Gasteiger charge is -2.30. The highest BCUT2D eigenvalue weighted by molar-refractivity contribution is 5.99. The summed E-state index contributed by atoms with van der Waals surface area (Å²) in [6.07, 6.45) is 3.36. The van der Waals surface area contributed by atoms with E-state index in [1.54, 1.807) is 19.1 Å². The van der Waals surface area contributed by atoms with E-state index in [9.17, 15) is 18.7 Å². The lowest BCUT2D eigenvalue weighted by atomic mass is 9.81. The maximum atomic E-state index is 14.4. The minimum absolute atomic E-state index is 0.0617. The molecule has 168 valence electrons. The third kappa shape index (κ3) is 4.99. The van der Waals surface area contributed by atoms with Crippen LogP contribution in [0.4, 0.5) is 14.7 Å². The van der Waals surface area contributed by atoms with Crippen molar-refractivity contribution < 1.29 is 18.7 Å². The molecule has 0 aliphatic heterocycles. The van der Waals surface area contributed by atoms with E-state index < -0.39 is 23.3 Å². The standard InChI is InChI=1S/C23H25F2N5O2/c1-14(24)10-23(2,20-18(25)8-5-9-27-20)13-30-22-28-11-15(12-29-22)16-6-4-7-17(19(16)31)21(32)26-3/h4-9,11-12,14,31H,10,13H2,1-3H3,(H,26,32)(H,28,29,30)/t14-,23-/m1/s1. The monoisotopic (exact) mass is 441 g/mol. The molecule has 0 radical (unpaired) electrons. The highest BCUT2D eigenvalue weighted by Crippen LogP contribution is 2.33. The number of nitrogens with zero attached hydrogens (tertiary/aromatic N) is 3. The van der Waals surface area contributed by atoms with Gasteiger partial charge in [0.25, 0.3) is 5.91 Å². The molecule has 2 atom stereocenters. The van der Waals surface area contributed by atoms with E-state index in [0.717, 1.165) is 0 Å². The zero-order valence-corrected chi connectivity index (χ0v) is 18.1. The lowest BCUT2D eigenvalue weighted by Crippen LogP contribution is -2.36. The number of phenolic OH excluding ortho intramolecular Hbond substituents is 1. The molecule has 0 saturated carbocycles. The average molecular weight is 441 g/mol. The van der Waals surface area contributed by atoms with Gasteiger partial charge in [-0.2, -0.15) is 0 Å². The molecule has 3 rings (SSSR count). The van der Waals surface area contributed by atoms with Crippen LogP contribution in [0.1, 0.15) is 36.3 Å². The molecule has 0 saturated heterocycles. The first-order chi connectivity index (χ1) is 15.2. The first-order valence-corrected chi connectivity index (χ1v) is 10.1. The number of amides is 1. The van der Waals surface area contributed by atoms with Crippen LogP contribution in [0.5, 0.6) is 5.75 Å². The Balaban J connectivity index is 1.81. The second kappa shape index (κ2) is 9.67. The van der Waals surface area contributed by atoms with Crippen LogP contribution in [-0.4, -0.2) is 45.7 Å². The molecule has 3 N–H and O–H groups in total. The molecule has 2 heterocycles. The molecule has 0 aliphatic rings. The van der Waals surface area contributed by atoms with Gasteiger partial charge in [0.05, 0.1) is 17.4 Å². The van der Waals surface area contributed by atoms with Gasteiger partial charge in [-0.05, 0) is 31.5 Å². The van der Waals surface area contributed by atoms with Crippen molar-refractivity contribution in [2.45, 2.75) is 31.9 Å².